The van der Waals surface area contributed by atoms with Crippen LogP contribution in [0.5, 0.6) is 0 Å². The minimum absolute atomic E-state index is 0.0855. The lowest BCUT2D eigenvalue weighted by Gasteiger charge is -2.17. The van der Waals surface area contributed by atoms with Gasteiger partial charge in [0.25, 0.3) is 0 Å². The first kappa shape index (κ1) is 20.2. The summed E-state index contributed by atoms with van der Waals surface area (Å²) in [4.78, 5) is 19.7. The van der Waals surface area contributed by atoms with Crippen molar-refractivity contribution in [2.24, 2.45) is 0 Å². The van der Waals surface area contributed by atoms with Crippen LogP contribution in [0.25, 0.3) is 0 Å². The molecule has 26 heavy (non-hydrogen) atoms. The van der Waals surface area contributed by atoms with Crippen molar-refractivity contribution in [2.45, 2.75) is 49.7 Å². The van der Waals surface area contributed by atoms with Crippen molar-refractivity contribution in [2.75, 3.05) is 5.32 Å². The smallest absolute Gasteiger partial charge is 0.325 e. The van der Waals surface area contributed by atoms with E-state index in [4.69, 9.17) is 0 Å². The molecule has 1 amide bonds. The summed E-state index contributed by atoms with van der Waals surface area (Å²) in [6.07, 6.45) is -2.57. The maximum atomic E-state index is 12.7. The summed E-state index contributed by atoms with van der Waals surface area (Å²) >= 11 is 0.887. The second-order valence-corrected chi connectivity index (χ2v) is 7.18. The van der Waals surface area contributed by atoms with Crippen LogP contribution in [-0.2, 0) is 11.0 Å². The summed E-state index contributed by atoms with van der Waals surface area (Å²) in [6.45, 7) is 5.74. The van der Waals surface area contributed by atoms with E-state index >= 15 is 0 Å². The fraction of sp³-hybridized carbons (Fsp3) is 0.389. The third-order valence-corrected chi connectivity index (χ3v) is 4.91. The summed E-state index contributed by atoms with van der Waals surface area (Å²) < 4.78 is 38.2. The van der Waals surface area contributed by atoms with Crippen molar-refractivity contribution in [3.63, 3.8) is 0 Å². The molecule has 140 valence electrons. The highest BCUT2D eigenvalue weighted by atomic mass is 32.2. The number of benzene rings is 1. The molecule has 4 nitrogen and oxygen atoms in total. The Bertz CT molecular complexity index is 767. The van der Waals surface area contributed by atoms with Crippen LogP contribution in [-0.4, -0.2) is 21.1 Å². The summed E-state index contributed by atoms with van der Waals surface area (Å²) in [5.41, 5.74) is 0.713. The molecule has 2 unspecified atom stereocenters. The normalized spacial score (nSPS) is 13.9. The number of nitrogens with zero attached hydrogens (tertiary/aromatic N) is 2. The van der Waals surface area contributed by atoms with Crippen molar-refractivity contribution < 1.29 is 18.0 Å². The Balaban J connectivity index is 2.10. The van der Waals surface area contributed by atoms with E-state index in [0.29, 0.717) is 5.69 Å². The van der Waals surface area contributed by atoms with Gasteiger partial charge in [0, 0.05) is 11.9 Å². The first-order valence-corrected chi connectivity index (χ1v) is 9.07. The Labute approximate surface area is 154 Å². The molecule has 1 N–H and O–H groups in total. The van der Waals surface area contributed by atoms with Crippen LogP contribution in [0.1, 0.15) is 44.4 Å². The molecular weight excluding hydrogens is 363 g/mol. The summed E-state index contributed by atoms with van der Waals surface area (Å²) in [5, 5.41) is 2.12. The van der Waals surface area contributed by atoms with Gasteiger partial charge in [0.05, 0.1) is 5.25 Å². The fourth-order valence-electron chi connectivity index (χ4n) is 2.26. The highest BCUT2D eigenvalue weighted by Crippen LogP contribution is 2.30. The van der Waals surface area contributed by atoms with Crippen molar-refractivity contribution in [1.82, 2.24) is 9.97 Å². The summed E-state index contributed by atoms with van der Waals surface area (Å²) in [6, 6.07) is 8.31. The molecule has 2 aromatic rings. The van der Waals surface area contributed by atoms with Gasteiger partial charge in [-0.25, -0.2) is 9.97 Å². The summed E-state index contributed by atoms with van der Waals surface area (Å²) in [7, 11) is 0. The fourth-order valence-corrected chi connectivity index (χ4v) is 3.02. The molecule has 0 spiro atoms. The molecule has 0 aliphatic heterocycles. The minimum Gasteiger partial charge on any atom is -0.325 e. The maximum Gasteiger partial charge on any atom is 0.433 e. The Morgan fingerprint density at radius 2 is 1.92 bits per heavy atom. The number of hydrogen-bond acceptors (Lipinski definition) is 4. The number of carbonyl (C=O) groups excluding carboxylic acids is 1. The molecule has 2 atom stereocenters. The average Bonchev–Trinajstić information content (AvgIpc) is 2.61. The molecule has 0 bridgehead atoms. The predicted molar refractivity (Wildman–Crippen MR) is 96.1 cm³/mol. The van der Waals surface area contributed by atoms with Crippen LogP contribution in [0.3, 0.4) is 0 Å². The number of amides is 1. The number of carbonyl (C=O) groups is 1. The van der Waals surface area contributed by atoms with Crippen molar-refractivity contribution in [1.29, 1.82) is 0 Å². The number of hydrogen-bond donors (Lipinski definition) is 1. The van der Waals surface area contributed by atoms with E-state index in [1.807, 2.05) is 24.3 Å². The second kappa shape index (κ2) is 8.53. The van der Waals surface area contributed by atoms with Gasteiger partial charge in [0.2, 0.25) is 5.91 Å². The van der Waals surface area contributed by atoms with Crippen LogP contribution in [0.4, 0.5) is 18.9 Å². The van der Waals surface area contributed by atoms with Gasteiger partial charge < -0.3 is 5.32 Å². The van der Waals surface area contributed by atoms with Crippen LogP contribution in [0.15, 0.2) is 41.7 Å². The monoisotopic (exact) mass is 383 g/mol. The number of thioether (sulfide) groups is 1. The van der Waals surface area contributed by atoms with Gasteiger partial charge in [-0.3, -0.25) is 4.79 Å². The van der Waals surface area contributed by atoms with Gasteiger partial charge in [0.1, 0.15) is 5.69 Å². The van der Waals surface area contributed by atoms with Crippen LogP contribution in [0, 0.1) is 0 Å². The molecule has 0 aliphatic carbocycles. The van der Waals surface area contributed by atoms with E-state index in [1.165, 1.54) is 0 Å². The van der Waals surface area contributed by atoms with E-state index in [-0.39, 0.29) is 17.0 Å². The highest BCUT2D eigenvalue weighted by Gasteiger charge is 2.33. The molecule has 1 aromatic heterocycles. The number of para-hydroxylation sites is 1. The SMILES string of the molecule is CCC(C)c1ccccc1NC(=O)C(C)Sc1nccc(C(F)(F)F)n1. The zero-order valence-electron chi connectivity index (χ0n) is 14.7. The number of halogens is 3. The Hall–Kier alpha value is -2.09. The standard InChI is InChI=1S/C18H20F3N3OS/c1-4-11(2)13-7-5-6-8-14(13)23-16(25)12(3)26-17-22-10-9-15(24-17)18(19,20)21/h5-12H,4H2,1-3H3,(H,23,25). The number of alkyl halides is 3. The lowest BCUT2D eigenvalue weighted by Crippen LogP contribution is -2.23. The van der Waals surface area contributed by atoms with Crippen molar-refractivity contribution >= 4 is 23.4 Å². The molecule has 0 fully saturated rings. The van der Waals surface area contributed by atoms with E-state index in [2.05, 4.69) is 29.1 Å². The van der Waals surface area contributed by atoms with Gasteiger partial charge in [0.15, 0.2) is 5.16 Å². The molecular formula is C18H20F3N3OS. The van der Waals surface area contributed by atoms with Crippen molar-refractivity contribution in [3.8, 4) is 0 Å². The lowest BCUT2D eigenvalue weighted by atomic mass is 9.97. The highest BCUT2D eigenvalue weighted by molar-refractivity contribution is 8.00. The van der Waals surface area contributed by atoms with Gasteiger partial charge in [-0.2, -0.15) is 13.2 Å². The lowest BCUT2D eigenvalue weighted by molar-refractivity contribution is -0.141. The molecule has 8 heteroatoms. The average molecular weight is 383 g/mol. The van der Waals surface area contributed by atoms with E-state index in [0.717, 1.165) is 36.0 Å². The zero-order chi connectivity index (χ0) is 19.3. The van der Waals surface area contributed by atoms with E-state index < -0.39 is 17.1 Å². The molecule has 1 aromatic carbocycles. The number of rotatable bonds is 6. The second-order valence-electron chi connectivity index (χ2n) is 5.87. The quantitative estimate of drug-likeness (QED) is 0.555. The molecule has 0 saturated heterocycles. The largest absolute Gasteiger partial charge is 0.433 e. The molecule has 2 rings (SSSR count). The van der Waals surface area contributed by atoms with Crippen LogP contribution in [0.2, 0.25) is 0 Å². The third kappa shape index (κ3) is 5.20. The number of nitrogens with one attached hydrogen (secondary N) is 1. The van der Waals surface area contributed by atoms with Gasteiger partial charge >= 0.3 is 6.18 Å². The molecule has 1 heterocycles. The Morgan fingerprint density at radius 3 is 2.58 bits per heavy atom. The van der Waals surface area contributed by atoms with E-state index in [9.17, 15) is 18.0 Å². The van der Waals surface area contributed by atoms with Gasteiger partial charge in [-0.05, 0) is 37.0 Å². The predicted octanol–water partition coefficient (Wildman–Crippen LogP) is 5.13. The third-order valence-electron chi connectivity index (χ3n) is 3.94. The topological polar surface area (TPSA) is 54.9 Å². The number of aromatic nitrogens is 2. The minimum atomic E-state index is -4.54. The summed E-state index contributed by atoms with van der Waals surface area (Å²) in [5.74, 6) is -0.0342. The first-order valence-electron chi connectivity index (χ1n) is 8.19. The number of anilines is 1. The molecule has 0 radical (unpaired) electrons. The van der Waals surface area contributed by atoms with Crippen LogP contribution >= 0.6 is 11.8 Å². The molecule has 0 aliphatic rings. The molecule has 0 saturated carbocycles. The van der Waals surface area contributed by atoms with Crippen LogP contribution < -0.4 is 5.32 Å². The Morgan fingerprint density at radius 1 is 1.23 bits per heavy atom. The zero-order valence-corrected chi connectivity index (χ0v) is 15.5. The van der Waals surface area contributed by atoms with Gasteiger partial charge in [-0.15, -0.1) is 0 Å². The maximum absolute atomic E-state index is 12.7. The van der Waals surface area contributed by atoms with E-state index in [1.54, 1.807) is 6.92 Å². The Kier molecular flexibility index (Phi) is 6.63. The first-order chi connectivity index (χ1) is 12.2. The van der Waals surface area contributed by atoms with Gasteiger partial charge in [-0.1, -0.05) is 43.8 Å². The van der Waals surface area contributed by atoms with Crippen molar-refractivity contribution in [3.05, 3.63) is 47.8 Å².